The molecule has 1 fully saturated rings. The summed E-state index contributed by atoms with van der Waals surface area (Å²) < 4.78 is 77.0. The topological polar surface area (TPSA) is 82.1 Å². The summed E-state index contributed by atoms with van der Waals surface area (Å²) >= 11 is 0. The molecule has 0 bridgehead atoms. The molecular formula is C33H41F2O6S2+. The number of rotatable bonds is 9. The molecule has 1 saturated heterocycles. The van der Waals surface area contributed by atoms with Gasteiger partial charge < -0.3 is 14.2 Å². The Morgan fingerprint density at radius 3 is 1.79 bits per heavy atom. The van der Waals surface area contributed by atoms with E-state index in [1.165, 1.54) is 17.7 Å². The summed E-state index contributed by atoms with van der Waals surface area (Å²) in [6.07, 6.45) is -1.33. The van der Waals surface area contributed by atoms with Gasteiger partial charge in [-0.15, -0.1) is 0 Å². The molecule has 3 aromatic rings. The molecule has 0 saturated carbocycles. The highest BCUT2D eigenvalue weighted by Gasteiger charge is 2.51. The van der Waals surface area contributed by atoms with Crippen molar-refractivity contribution >= 4 is 21.0 Å². The number of benzene rings is 3. The van der Waals surface area contributed by atoms with Gasteiger partial charge in [-0.25, -0.2) is 0 Å². The molecule has 10 heteroatoms. The van der Waals surface area contributed by atoms with Crippen LogP contribution in [0.15, 0.2) is 87.5 Å². The molecule has 3 aromatic carbocycles. The predicted molar refractivity (Wildman–Crippen MR) is 165 cm³/mol. The first-order valence-corrected chi connectivity index (χ1v) is 16.9. The maximum absolute atomic E-state index is 14.1. The zero-order valence-corrected chi connectivity index (χ0v) is 27.3. The monoisotopic (exact) mass is 635 g/mol. The van der Waals surface area contributed by atoms with Crippen molar-refractivity contribution in [3.8, 4) is 5.75 Å². The van der Waals surface area contributed by atoms with Crippen LogP contribution in [0.5, 0.6) is 5.75 Å². The minimum Gasteiger partial charge on any atom is -0.483 e. The number of alkyl halides is 2. The van der Waals surface area contributed by atoms with E-state index in [2.05, 4.69) is 76.2 Å². The summed E-state index contributed by atoms with van der Waals surface area (Å²) in [5.41, 5.74) is 1.37. The molecule has 1 heterocycles. The van der Waals surface area contributed by atoms with Gasteiger partial charge in [0.15, 0.2) is 20.8 Å². The van der Waals surface area contributed by atoms with Crippen LogP contribution in [0, 0.1) is 0 Å². The van der Waals surface area contributed by atoms with E-state index < -0.39 is 38.0 Å². The number of ether oxygens (including phenoxy) is 3. The fraction of sp³-hybridized carbons (Fsp3) is 0.455. The molecule has 0 aromatic heterocycles. The number of halogens is 2. The third-order valence-corrected chi connectivity index (χ3v) is 11.0. The molecule has 0 spiro atoms. The van der Waals surface area contributed by atoms with Crippen LogP contribution < -0.4 is 4.74 Å². The van der Waals surface area contributed by atoms with Crippen molar-refractivity contribution < 1.29 is 36.0 Å². The first kappa shape index (κ1) is 33.4. The van der Waals surface area contributed by atoms with E-state index in [4.69, 9.17) is 18.8 Å². The average molecular weight is 636 g/mol. The Labute approximate surface area is 256 Å². The second-order valence-corrected chi connectivity index (χ2v) is 16.1. The Morgan fingerprint density at radius 1 is 0.884 bits per heavy atom. The van der Waals surface area contributed by atoms with Crippen LogP contribution in [0.25, 0.3) is 0 Å². The van der Waals surface area contributed by atoms with Crippen molar-refractivity contribution in [2.45, 2.75) is 97.5 Å². The van der Waals surface area contributed by atoms with Crippen molar-refractivity contribution in [3.63, 3.8) is 0 Å². The standard InChI is InChI=1S/C33H40F2O6S2/c1-8-32(22-39-31(6,7)21-40-32)25-11-17-28(18-12-25)42(27-15-9-24(10-16-27)30(3,4)5)29-19-13-26(14-20-29)41-23(2)33(34,35)43(36,37)38/h9-20,23H,8,21-22H2,1-7H3/p+1. The van der Waals surface area contributed by atoms with Gasteiger partial charge >= 0.3 is 15.4 Å². The fourth-order valence-corrected chi connectivity index (χ4v) is 7.32. The van der Waals surface area contributed by atoms with E-state index in [0.29, 0.717) is 13.2 Å². The van der Waals surface area contributed by atoms with E-state index in [9.17, 15) is 17.2 Å². The Kier molecular flexibility index (Phi) is 9.41. The first-order chi connectivity index (χ1) is 19.9. The lowest BCUT2D eigenvalue weighted by atomic mass is 9.87. The highest BCUT2D eigenvalue weighted by Crippen LogP contribution is 2.39. The first-order valence-electron chi connectivity index (χ1n) is 14.2. The Bertz CT molecular complexity index is 1490. The molecule has 6 nitrogen and oxygen atoms in total. The minimum absolute atomic E-state index is 0.0102. The number of hydrogen-bond acceptors (Lipinski definition) is 5. The maximum atomic E-state index is 14.1. The molecule has 1 aliphatic heterocycles. The fourth-order valence-electron chi connectivity index (χ4n) is 4.81. The number of hydrogen-bond donors (Lipinski definition) is 1. The molecule has 234 valence electrons. The molecule has 0 radical (unpaired) electrons. The van der Waals surface area contributed by atoms with Gasteiger partial charge in [-0.05, 0) is 92.3 Å². The maximum Gasteiger partial charge on any atom is 0.405 e. The highest BCUT2D eigenvalue weighted by molar-refractivity contribution is 7.97. The van der Waals surface area contributed by atoms with Crippen LogP contribution in [0.1, 0.15) is 66.0 Å². The summed E-state index contributed by atoms with van der Waals surface area (Å²) in [5.74, 6) is 0.0591. The van der Waals surface area contributed by atoms with Gasteiger partial charge in [-0.2, -0.15) is 17.2 Å². The van der Waals surface area contributed by atoms with Crippen molar-refractivity contribution in [2.24, 2.45) is 0 Å². The van der Waals surface area contributed by atoms with Gasteiger partial charge in [-0.3, -0.25) is 4.55 Å². The summed E-state index contributed by atoms with van der Waals surface area (Å²) in [7, 11) is -6.18. The van der Waals surface area contributed by atoms with Crippen LogP contribution in [0.4, 0.5) is 8.78 Å². The summed E-state index contributed by atoms with van der Waals surface area (Å²) in [4.78, 5) is 3.04. The van der Waals surface area contributed by atoms with E-state index in [1.54, 1.807) is 12.1 Å². The van der Waals surface area contributed by atoms with Crippen LogP contribution >= 0.6 is 0 Å². The van der Waals surface area contributed by atoms with E-state index in [-0.39, 0.29) is 16.8 Å². The Morgan fingerprint density at radius 2 is 1.37 bits per heavy atom. The van der Waals surface area contributed by atoms with Crippen LogP contribution in [0.3, 0.4) is 0 Å². The molecule has 0 amide bonds. The lowest BCUT2D eigenvalue weighted by Gasteiger charge is -2.43. The largest absolute Gasteiger partial charge is 0.483 e. The second-order valence-electron chi connectivity index (χ2n) is 12.6. The summed E-state index contributed by atoms with van der Waals surface area (Å²) in [6.45, 7) is 14.5. The SMILES string of the molecule is CCC1(c2ccc([S+](c3ccc(OC(C)C(F)(F)S(=O)(=O)O)cc3)c3ccc(C(C)(C)C)cc3)cc2)COC(C)(C)CO1. The normalized spacial score (nSPS) is 20.8. The Hall–Kier alpha value is -2.50. The van der Waals surface area contributed by atoms with E-state index >= 15 is 0 Å². The van der Waals surface area contributed by atoms with Gasteiger partial charge in [-0.1, -0.05) is 52.0 Å². The summed E-state index contributed by atoms with van der Waals surface area (Å²) in [5, 5.41) is -4.45. The minimum atomic E-state index is -5.63. The van der Waals surface area contributed by atoms with Gasteiger partial charge in [0.25, 0.3) is 0 Å². The predicted octanol–water partition coefficient (Wildman–Crippen LogP) is 7.76. The Balaban J connectivity index is 1.68. The molecule has 3 atom stereocenters. The van der Waals surface area contributed by atoms with Crippen LogP contribution in [-0.4, -0.2) is 43.1 Å². The van der Waals surface area contributed by atoms with Gasteiger partial charge in [0.2, 0.25) is 0 Å². The highest BCUT2D eigenvalue weighted by atomic mass is 32.2. The van der Waals surface area contributed by atoms with E-state index in [1.807, 2.05) is 13.8 Å². The van der Waals surface area contributed by atoms with Gasteiger partial charge in [0.05, 0.1) is 29.7 Å². The molecular weight excluding hydrogens is 594 g/mol. The lowest BCUT2D eigenvalue weighted by Crippen LogP contribution is -2.48. The van der Waals surface area contributed by atoms with Gasteiger partial charge in [0.1, 0.15) is 11.4 Å². The lowest BCUT2D eigenvalue weighted by molar-refractivity contribution is -0.229. The van der Waals surface area contributed by atoms with Crippen LogP contribution in [-0.2, 0) is 41.5 Å². The third-order valence-electron chi connectivity index (χ3n) is 7.72. The smallest absolute Gasteiger partial charge is 0.405 e. The van der Waals surface area contributed by atoms with Crippen LogP contribution in [0.2, 0.25) is 0 Å². The molecule has 1 aliphatic rings. The van der Waals surface area contributed by atoms with Gasteiger partial charge in [0, 0.05) is 0 Å². The second kappa shape index (κ2) is 12.1. The molecule has 1 N–H and O–H groups in total. The zero-order chi connectivity index (χ0) is 31.8. The summed E-state index contributed by atoms with van der Waals surface area (Å²) in [6, 6.07) is 23.5. The molecule has 43 heavy (non-hydrogen) atoms. The van der Waals surface area contributed by atoms with Crippen molar-refractivity contribution in [1.29, 1.82) is 0 Å². The van der Waals surface area contributed by atoms with Crippen molar-refractivity contribution in [3.05, 3.63) is 83.9 Å². The van der Waals surface area contributed by atoms with E-state index in [0.717, 1.165) is 33.6 Å². The quantitative estimate of drug-likeness (QED) is 0.191. The van der Waals surface area contributed by atoms with Crippen molar-refractivity contribution in [1.82, 2.24) is 0 Å². The zero-order valence-electron chi connectivity index (χ0n) is 25.7. The molecule has 3 unspecified atom stereocenters. The molecule has 0 aliphatic carbocycles. The molecule has 4 rings (SSSR count). The third kappa shape index (κ3) is 7.26. The van der Waals surface area contributed by atoms with Crippen molar-refractivity contribution in [2.75, 3.05) is 13.2 Å². The average Bonchev–Trinajstić information content (AvgIpc) is 2.94.